The molecule has 172 valence electrons. The Labute approximate surface area is 193 Å². The summed E-state index contributed by atoms with van der Waals surface area (Å²) < 4.78 is 28.4. The molecule has 9 nitrogen and oxygen atoms in total. The molecule has 3 heterocycles. The number of benzene rings is 1. The Morgan fingerprint density at radius 1 is 0.970 bits per heavy atom. The van der Waals surface area contributed by atoms with Crippen LogP contribution < -0.4 is 9.62 Å². The number of sulfonamides is 1. The average molecular weight is 467 g/mol. The molecule has 1 aliphatic rings. The number of aromatic nitrogens is 3. The number of aryl methyl sites for hydroxylation is 2. The molecular formula is C23H26N6O3S. The zero-order valence-corrected chi connectivity index (χ0v) is 19.6. The van der Waals surface area contributed by atoms with E-state index in [0.29, 0.717) is 43.1 Å². The Morgan fingerprint density at radius 2 is 1.67 bits per heavy atom. The molecule has 0 unspecified atom stereocenters. The maximum Gasteiger partial charge on any atom is 0.261 e. The SMILES string of the molecule is CC(=O)N1CCN(c2ncnc(C)c2-c2cnc(C)c(NS(=O)(=O)c3ccccc3)c2)CC1. The van der Waals surface area contributed by atoms with Gasteiger partial charge in [0, 0.05) is 50.4 Å². The molecule has 2 aromatic heterocycles. The highest BCUT2D eigenvalue weighted by Gasteiger charge is 2.24. The van der Waals surface area contributed by atoms with E-state index in [4.69, 9.17) is 0 Å². The van der Waals surface area contributed by atoms with Crippen LogP contribution in [0.1, 0.15) is 18.3 Å². The quantitative estimate of drug-likeness (QED) is 0.616. The highest BCUT2D eigenvalue weighted by Crippen LogP contribution is 2.33. The van der Waals surface area contributed by atoms with Gasteiger partial charge in [-0.3, -0.25) is 14.5 Å². The third-order valence-corrected chi connectivity index (χ3v) is 7.10. The normalized spacial score (nSPS) is 14.3. The molecule has 1 aliphatic heterocycles. The number of hydrogen-bond donors (Lipinski definition) is 1. The van der Waals surface area contributed by atoms with Crippen molar-refractivity contribution in [3.8, 4) is 11.1 Å². The van der Waals surface area contributed by atoms with Crippen molar-refractivity contribution in [2.75, 3.05) is 35.8 Å². The van der Waals surface area contributed by atoms with E-state index in [0.717, 1.165) is 17.1 Å². The molecule has 1 amide bonds. The molecule has 0 radical (unpaired) electrons. The van der Waals surface area contributed by atoms with Crippen molar-refractivity contribution in [3.63, 3.8) is 0 Å². The van der Waals surface area contributed by atoms with Crippen LogP contribution in [0, 0.1) is 13.8 Å². The number of amides is 1. The van der Waals surface area contributed by atoms with Crippen molar-refractivity contribution in [1.82, 2.24) is 19.9 Å². The van der Waals surface area contributed by atoms with E-state index in [1.54, 1.807) is 56.4 Å². The monoisotopic (exact) mass is 466 g/mol. The van der Waals surface area contributed by atoms with Crippen molar-refractivity contribution in [2.24, 2.45) is 0 Å². The van der Waals surface area contributed by atoms with Gasteiger partial charge in [-0.1, -0.05) is 18.2 Å². The molecule has 1 N–H and O–H groups in total. The predicted octanol–water partition coefficient (Wildman–Crippen LogP) is 2.62. The minimum absolute atomic E-state index is 0.0619. The molecule has 0 saturated carbocycles. The molecule has 10 heteroatoms. The summed E-state index contributed by atoms with van der Waals surface area (Å²) in [7, 11) is -3.76. The van der Waals surface area contributed by atoms with Gasteiger partial charge in [-0.05, 0) is 32.0 Å². The smallest absolute Gasteiger partial charge is 0.261 e. The standard InChI is InChI=1S/C23H26N6O3S/c1-16-21(27-33(31,32)20-7-5-4-6-8-20)13-19(14-24-16)22-17(2)25-15-26-23(22)29-11-9-28(10-12-29)18(3)30/h4-8,13-15,27H,9-12H2,1-3H3. The highest BCUT2D eigenvalue weighted by atomic mass is 32.2. The van der Waals surface area contributed by atoms with E-state index in [2.05, 4.69) is 24.6 Å². The van der Waals surface area contributed by atoms with Crippen molar-refractivity contribution in [2.45, 2.75) is 25.7 Å². The van der Waals surface area contributed by atoms with Crippen LogP contribution in [0.2, 0.25) is 0 Å². The number of anilines is 2. The van der Waals surface area contributed by atoms with E-state index >= 15 is 0 Å². The molecule has 0 atom stereocenters. The lowest BCUT2D eigenvalue weighted by Crippen LogP contribution is -2.48. The summed E-state index contributed by atoms with van der Waals surface area (Å²) in [6, 6.07) is 9.98. The van der Waals surface area contributed by atoms with Crippen molar-refractivity contribution >= 4 is 27.4 Å². The summed E-state index contributed by atoms with van der Waals surface area (Å²) >= 11 is 0. The van der Waals surface area contributed by atoms with Gasteiger partial charge < -0.3 is 9.80 Å². The maximum absolute atomic E-state index is 12.9. The van der Waals surface area contributed by atoms with Crippen molar-refractivity contribution in [3.05, 3.63) is 60.3 Å². The summed E-state index contributed by atoms with van der Waals surface area (Å²) in [5.74, 6) is 0.806. The first-order valence-corrected chi connectivity index (χ1v) is 12.1. The van der Waals surface area contributed by atoms with E-state index in [-0.39, 0.29) is 10.8 Å². The van der Waals surface area contributed by atoms with Crippen LogP contribution in [0.5, 0.6) is 0 Å². The first-order valence-electron chi connectivity index (χ1n) is 10.6. The topological polar surface area (TPSA) is 108 Å². The largest absolute Gasteiger partial charge is 0.352 e. The summed E-state index contributed by atoms with van der Waals surface area (Å²) in [6.07, 6.45) is 3.23. The fourth-order valence-electron chi connectivity index (χ4n) is 3.85. The fourth-order valence-corrected chi connectivity index (χ4v) is 4.98. The second-order valence-electron chi connectivity index (χ2n) is 7.93. The van der Waals surface area contributed by atoms with E-state index < -0.39 is 10.0 Å². The number of carbonyl (C=O) groups is 1. The fraction of sp³-hybridized carbons (Fsp3) is 0.304. The Morgan fingerprint density at radius 3 is 2.33 bits per heavy atom. The molecule has 1 saturated heterocycles. The predicted molar refractivity (Wildman–Crippen MR) is 126 cm³/mol. The summed E-state index contributed by atoms with van der Waals surface area (Å²) in [6.45, 7) is 7.75. The Balaban J connectivity index is 1.69. The number of pyridine rings is 1. The molecule has 33 heavy (non-hydrogen) atoms. The van der Waals surface area contributed by atoms with Crippen LogP contribution in [0.25, 0.3) is 11.1 Å². The molecule has 1 fully saturated rings. The Hall–Kier alpha value is -3.53. The van der Waals surface area contributed by atoms with Gasteiger partial charge in [0.2, 0.25) is 5.91 Å². The average Bonchev–Trinajstić information content (AvgIpc) is 2.81. The first kappa shape index (κ1) is 22.7. The lowest BCUT2D eigenvalue weighted by atomic mass is 10.0. The van der Waals surface area contributed by atoms with E-state index in [9.17, 15) is 13.2 Å². The summed E-state index contributed by atoms with van der Waals surface area (Å²) in [5, 5.41) is 0. The molecule has 4 rings (SSSR count). The number of nitrogens with zero attached hydrogens (tertiary/aromatic N) is 5. The lowest BCUT2D eigenvalue weighted by molar-refractivity contribution is -0.129. The van der Waals surface area contributed by atoms with Crippen LogP contribution in [-0.2, 0) is 14.8 Å². The van der Waals surface area contributed by atoms with Gasteiger partial charge in [0.1, 0.15) is 12.1 Å². The lowest BCUT2D eigenvalue weighted by Gasteiger charge is -2.35. The molecule has 1 aromatic carbocycles. The second kappa shape index (κ2) is 9.14. The molecule has 3 aromatic rings. The van der Waals surface area contributed by atoms with Gasteiger partial charge in [-0.25, -0.2) is 18.4 Å². The van der Waals surface area contributed by atoms with Gasteiger partial charge in [0.05, 0.1) is 22.0 Å². The van der Waals surface area contributed by atoms with Crippen molar-refractivity contribution in [1.29, 1.82) is 0 Å². The maximum atomic E-state index is 12.9. The Bertz CT molecular complexity index is 1270. The van der Waals surface area contributed by atoms with Gasteiger partial charge in [0.25, 0.3) is 10.0 Å². The van der Waals surface area contributed by atoms with E-state index in [1.165, 1.54) is 6.33 Å². The van der Waals surface area contributed by atoms with Gasteiger partial charge >= 0.3 is 0 Å². The van der Waals surface area contributed by atoms with Gasteiger partial charge in [-0.2, -0.15) is 0 Å². The molecule has 0 bridgehead atoms. The number of nitrogens with one attached hydrogen (secondary N) is 1. The molecular weight excluding hydrogens is 440 g/mol. The van der Waals surface area contributed by atoms with Crippen LogP contribution in [0.15, 0.2) is 53.8 Å². The summed E-state index contributed by atoms with van der Waals surface area (Å²) in [4.78, 5) is 29.1. The third-order valence-electron chi connectivity index (χ3n) is 5.71. The highest BCUT2D eigenvalue weighted by molar-refractivity contribution is 7.92. The minimum atomic E-state index is -3.76. The molecule has 0 aliphatic carbocycles. The van der Waals surface area contributed by atoms with Crippen LogP contribution in [0.4, 0.5) is 11.5 Å². The Kier molecular flexibility index (Phi) is 6.28. The number of hydrogen-bond acceptors (Lipinski definition) is 7. The van der Waals surface area contributed by atoms with Crippen LogP contribution in [-0.4, -0.2) is 60.4 Å². The zero-order valence-electron chi connectivity index (χ0n) is 18.8. The van der Waals surface area contributed by atoms with E-state index in [1.807, 2.05) is 11.8 Å². The molecule has 0 spiro atoms. The zero-order chi connectivity index (χ0) is 23.6. The number of carbonyl (C=O) groups excluding carboxylic acids is 1. The van der Waals surface area contributed by atoms with Crippen LogP contribution >= 0.6 is 0 Å². The van der Waals surface area contributed by atoms with Crippen LogP contribution in [0.3, 0.4) is 0 Å². The third kappa shape index (κ3) is 4.80. The van der Waals surface area contributed by atoms with Gasteiger partial charge in [-0.15, -0.1) is 0 Å². The van der Waals surface area contributed by atoms with Gasteiger partial charge in [0.15, 0.2) is 0 Å². The summed E-state index contributed by atoms with van der Waals surface area (Å²) in [5.41, 5.74) is 3.22. The second-order valence-corrected chi connectivity index (χ2v) is 9.61. The number of piperazine rings is 1. The first-order chi connectivity index (χ1) is 15.8. The van der Waals surface area contributed by atoms with Crippen molar-refractivity contribution < 1.29 is 13.2 Å². The minimum Gasteiger partial charge on any atom is -0.352 e. The number of rotatable bonds is 5.